The van der Waals surface area contributed by atoms with E-state index in [1.165, 1.54) is 0 Å². The number of rotatable bonds is 3. The molecule has 0 aliphatic carbocycles. The maximum atomic E-state index is 13.1. The van der Waals surface area contributed by atoms with Crippen LogP contribution in [-0.2, 0) is 0 Å². The van der Waals surface area contributed by atoms with E-state index in [1.54, 1.807) is 0 Å². The summed E-state index contributed by atoms with van der Waals surface area (Å²) in [4.78, 5) is 0. The minimum absolute atomic E-state index is 0.773. The van der Waals surface area contributed by atoms with Crippen molar-refractivity contribution in [3.63, 3.8) is 0 Å². The zero-order valence-electron chi connectivity index (χ0n) is 9.64. The highest BCUT2D eigenvalue weighted by atomic mass is 19.4. The van der Waals surface area contributed by atoms with Gasteiger partial charge in [-0.25, -0.2) is 8.78 Å². The first-order chi connectivity index (χ1) is 8.98. The summed E-state index contributed by atoms with van der Waals surface area (Å²) in [6.07, 6.45) is -17.6. The monoisotopic (exact) mass is 308 g/mol. The summed E-state index contributed by atoms with van der Waals surface area (Å²) in [5.74, 6) is -1.50. The highest BCUT2D eigenvalue weighted by molar-refractivity contribution is 6.01. The fourth-order valence-electron chi connectivity index (χ4n) is 1.52. The Hall–Kier alpha value is -1.48. The molecular weight excluding hydrogens is 300 g/mol. The average Bonchev–Trinajstić information content (AvgIpc) is 2.34. The lowest BCUT2D eigenvalue weighted by Crippen LogP contribution is -2.41. The Kier molecular flexibility index (Phi) is 4.55. The van der Waals surface area contributed by atoms with Gasteiger partial charge in [0, 0.05) is 12.3 Å². The van der Waals surface area contributed by atoms with E-state index in [-0.39, 0.29) is 0 Å². The molecule has 20 heavy (non-hydrogen) atoms. The van der Waals surface area contributed by atoms with Gasteiger partial charge in [-0.1, -0.05) is 6.08 Å². The van der Waals surface area contributed by atoms with Crippen LogP contribution in [0.3, 0.4) is 0 Å². The third-order valence-electron chi connectivity index (χ3n) is 2.51. The van der Waals surface area contributed by atoms with Crippen molar-refractivity contribution in [2.45, 2.75) is 31.1 Å². The second kappa shape index (κ2) is 5.49. The summed E-state index contributed by atoms with van der Waals surface area (Å²) < 4.78 is 99.1. The molecule has 0 radical (unpaired) electrons. The summed E-state index contributed by atoms with van der Waals surface area (Å²) in [6.45, 7) is 3.08. The molecule has 3 unspecified atom stereocenters. The van der Waals surface area contributed by atoms with Crippen LogP contribution in [0.15, 0.2) is 22.9 Å². The summed E-state index contributed by atoms with van der Waals surface area (Å²) in [6, 6.07) is 0. The third-order valence-corrected chi connectivity index (χ3v) is 2.51. The standard InChI is InChI=1S/C10H8F8N2/c1-2-4-3-5(7(11)9(13,14)15)19-20-6(4)8(12)10(16,17)18/h2,4,7-8H,1,3H2. The van der Waals surface area contributed by atoms with E-state index >= 15 is 0 Å². The molecule has 1 aliphatic rings. The fraction of sp³-hybridized carbons (Fsp3) is 0.600. The van der Waals surface area contributed by atoms with Gasteiger partial charge in [0.15, 0.2) is 0 Å². The van der Waals surface area contributed by atoms with Gasteiger partial charge in [0.2, 0.25) is 12.3 Å². The van der Waals surface area contributed by atoms with E-state index in [1.807, 2.05) is 0 Å². The van der Waals surface area contributed by atoms with Crippen molar-refractivity contribution < 1.29 is 35.1 Å². The zero-order chi connectivity index (χ0) is 15.7. The minimum atomic E-state index is -5.27. The largest absolute Gasteiger partial charge is 0.425 e. The minimum Gasteiger partial charge on any atom is -0.231 e. The molecule has 0 aromatic heterocycles. The molecule has 0 fully saturated rings. The molecular formula is C10H8F8N2. The molecule has 10 heteroatoms. The molecule has 114 valence electrons. The number of halogens is 8. The van der Waals surface area contributed by atoms with Gasteiger partial charge in [-0.05, 0) is 0 Å². The van der Waals surface area contributed by atoms with Crippen molar-refractivity contribution in [1.29, 1.82) is 0 Å². The normalized spacial score (nSPS) is 23.7. The summed E-state index contributed by atoms with van der Waals surface area (Å²) in [7, 11) is 0. The lowest BCUT2D eigenvalue weighted by molar-refractivity contribution is -0.163. The van der Waals surface area contributed by atoms with Crippen molar-refractivity contribution in [3.05, 3.63) is 12.7 Å². The average molecular weight is 308 g/mol. The van der Waals surface area contributed by atoms with Crippen molar-refractivity contribution >= 4 is 11.4 Å². The van der Waals surface area contributed by atoms with E-state index < -0.39 is 48.5 Å². The Balaban J connectivity index is 3.08. The van der Waals surface area contributed by atoms with E-state index in [0.717, 1.165) is 6.08 Å². The first kappa shape index (κ1) is 16.6. The highest BCUT2D eigenvalue weighted by Gasteiger charge is 2.49. The van der Waals surface area contributed by atoms with E-state index in [2.05, 4.69) is 16.8 Å². The van der Waals surface area contributed by atoms with Crippen molar-refractivity contribution in [1.82, 2.24) is 0 Å². The van der Waals surface area contributed by atoms with Gasteiger partial charge in [-0.2, -0.15) is 36.5 Å². The van der Waals surface area contributed by atoms with Gasteiger partial charge in [0.05, 0.1) is 11.4 Å². The molecule has 1 heterocycles. The van der Waals surface area contributed by atoms with Crippen molar-refractivity contribution in [2.24, 2.45) is 16.1 Å². The molecule has 0 N–H and O–H groups in total. The predicted octanol–water partition coefficient (Wildman–Crippen LogP) is 3.79. The Morgan fingerprint density at radius 1 is 1.00 bits per heavy atom. The molecule has 1 aliphatic heterocycles. The first-order valence-corrected chi connectivity index (χ1v) is 5.16. The highest BCUT2D eigenvalue weighted by Crippen LogP contribution is 2.32. The van der Waals surface area contributed by atoms with Gasteiger partial charge in [-0.3, -0.25) is 0 Å². The summed E-state index contributed by atoms with van der Waals surface area (Å²) in [5.41, 5.74) is -2.24. The molecule has 0 aromatic carbocycles. The maximum Gasteiger partial charge on any atom is 0.425 e. The van der Waals surface area contributed by atoms with Crippen LogP contribution in [0.1, 0.15) is 6.42 Å². The van der Waals surface area contributed by atoms with Crippen LogP contribution in [0.4, 0.5) is 35.1 Å². The van der Waals surface area contributed by atoms with Crippen LogP contribution in [0.25, 0.3) is 0 Å². The fourth-order valence-corrected chi connectivity index (χ4v) is 1.52. The van der Waals surface area contributed by atoms with Gasteiger partial charge in [-0.15, -0.1) is 6.58 Å². The molecule has 0 aromatic rings. The van der Waals surface area contributed by atoms with Crippen molar-refractivity contribution in [3.8, 4) is 0 Å². The molecule has 0 amide bonds. The van der Waals surface area contributed by atoms with Crippen LogP contribution in [0, 0.1) is 5.92 Å². The molecule has 3 atom stereocenters. The molecule has 0 saturated heterocycles. The molecule has 2 nitrogen and oxygen atoms in total. The second-order valence-corrected chi connectivity index (χ2v) is 3.97. The lowest BCUT2D eigenvalue weighted by atomic mass is 9.91. The number of hydrogen-bond acceptors (Lipinski definition) is 2. The van der Waals surface area contributed by atoms with Gasteiger partial charge >= 0.3 is 12.4 Å². The first-order valence-electron chi connectivity index (χ1n) is 5.16. The summed E-state index contributed by atoms with van der Waals surface area (Å²) >= 11 is 0. The molecule has 0 bridgehead atoms. The number of nitrogens with zero attached hydrogens (tertiary/aromatic N) is 2. The second-order valence-electron chi connectivity index (χ2n) is 3.97. The van der Waals surface area contributed by atoms with E-state index in [4.69, 9.17) is 0 Å². The lowest BCUT2D eigenvalue weighted by Gasteiger charge is -2.25. The van der Waals surface area contributed by atoms with Crippen LogP contribution < -0.4 is 0 Å². The van der Waals surface area contributed by atoms with Gasteiger partial charge in [0.1, 0.15) is 0 Å². The number of allylic oxidation sites excluding steroid dienone is 1. The SMILES string of the molecule is C=CC1CC(C(F)C(F)(F)F)=NN=C1C(F)C(F)(F)F. The van der Waals surface area contributed by atoms with E-state index in [0.29, 0.717) is 0 Å². The van der Waals surface area contributed by atoms with Crippen LogP contribution in [0.5, 0.6) is 0 Å². The quantitative estimate of drug-likeness (QED) is 0.560. The smallest absolute Gasteiger partial charge is 0.231 e. The Morgan fingerprint density at radius 3 is 1.90 bits per heavy atom. The van der Waals surface area contributed by atoms with Gasteiger partial charge in [0.25, 0.3) is 0 Å². The Morgan fingerprint density at radius 2 is 1.50 bits per heavy atom. The van der Waals surface area contributed by atoms with Crippen molar-refractivity contribution in [2.75, 3.05) is 0 Å². The number of alkyl halides is 8. The Labute approximate surface area is 107 Å². The zero-order valence-corrected chi connectivity index (χ0v) is 9.64. The van der Waals surface area contributed by atoms with Gasteiger partial charge < -0.3 is 0 Å². The van der Waals surface area contributed by atoms with Crippen LogP contribution in [-0.4, -0.2) is 36.1 Å². The molecule has 0 saturated carbocycles. The van der Waals surface area contributed by atoms with E-state index in [9.17, 15) is 35.1 Å². The summed E-state index contributed by atoms with van der Waals surface area (Å²) in [5, 5.41) is 5.49. The third kappa shape index (κ3) is 3.54. The predicted molar refractivity (Wildman–Crippen MR) is 55.1 cm³/mol. The number of hydrogen-bond donors (Lipinski definition) is 0. The molecule has 1 rings (SSSR count). The topological polar surface area (TPSA) is 24.7 Å². The Bertz CT molecular complexity index is 434. The molecule has 0 spiro atoms. The van der Waals surface area contributed by atoms with Crippen LogP contribution >= 0.6 is 0 Å². The maximum absolute atomic E-state index is 13.1. The van der Waals surface area contributed by atoms with Crippen LogP contribution in [0.2, 0.25) is 0 Å².